The van der Waals surface area contributed by atoms with Gasteiger partial charge in [0.15, 0.2) is 5.78 Å². The first-order chi connectivity index (χ1) is 12.4. The average Bonchev–Trinajstić information content (AvgIpc) is 2.65. The smallest absolute Gasteiger partial charge is 0.240 e. The predicted octanol–water partition coefficient (Wildman–Crippen LogP) is 4.07. The topological polar surface area (TPSA) is 63.2 Å². The van der Waals surface area contributed by atoms with Gasteiger partial charge in [-0.25, -0.2) is 13.1 Å². The Morgan fingerprint density at radius 1 is 1.00 bits per heavy atom. The van der Waals surface area contributed by atoms with E-state index in [0.29, 0.717) is 5.56 Å². The molecule has 4 nitrogen and oxygen atoms in total. The molecule has 0 aliphatic rings. The van der Waals surface area contributed by atoms with E-state index >= 15 is 0 Å². The summed E-state index contributed by atoms with van der Waals surface area (Å²) >= 11 is 3.30. The number of sulfonamides is 1. The van der Waals surface area contributed by atoms with Crippen LogP contribution in [0, 0.1) is 6.92 Å². The number of ketones is 1. The molecule has 0 aromatic heterocycles. The highest BCUT2D eigenvalue weighted by Crippen LogP contribution is 2.19. The molecule has 3 aromatic rings. The Bertz CT molecular complexity index is 1050. The molecule has 0 aliphatic heterocycles. The van der Waals surface area contributed by atoms with Gasteiger partial charge in [0.25, 0.3) is 0 Å². The maximum Gasteiger partial charge on any atom is 0.240 e. The van der Waals surface area contributed by atoms with Crippen molar-refractivity contribution in [3.8, 4) is 0 Å². The summed E-state index contributed by atoms with van der Waals surface area (Å²) in [4.78, 5) is 12.1. The van der Waals surface area contributed by atoms with Crippen molar-refractivity contribution in [2.45, 2.75) is 16.6 Å². The number of benzene rings is 3. The second-order valence-corrected chi connectivity index (χ2v) is 8.93. The molecule has 1 atom stereocenters. The van der Waals surface area contributed by atoms with Crippen LogP contribution in [0.5, 0.6) is 0 Å². The van der Waals surface area contributed by atoms with Crippen LogP contribution in [0.25, 0.3) is 10.8 Å². The van der Waals surface area contributed by atoms with Crippen LogP contribution in [0.2, 0.25) is 0 Å². The fourth-order valence-corrected chi connectivity index (χ4v) is 4.29. The van der Waals surface area contributed by atoms with Gasteiger partial charge >= 0.3 is 0 Å². The van der Waals surface area contributed by atoms with Gasteiger partial charge in [0.2, 0.25) is 10.0 Å². The summed E-state index contributed by atoms with van der Waals surface area (Å²) in [7, 11) is -3.65. The van der Waals surface area contributed by atoms with E-state index in [0.717, 1.165) is 16.3 Å². The van der Waals surface area contributed by atoms with Crippen LogP contribution < -0.4 is 4.72 Å². The largest absolute Gasteiger partial charge is 0.293 e. The molecule has 3 rings (SSSR count). The number of nitrogens with one attached hydrogen (secondary N) is 1. The third-order valence-corrected chi connectivity index (χ3v) is 6.28. The third kappa shape index (κ3) is 4.20. The first-order valence-corrected chi connectivity index (χ1v) is 10.5. The van der Waals surface area contributed by atoms with E-state index in [1.807, 2.05) is 43.3 Å². The van der Waals surface area contributed by atoms with Crippen LogP contribution in [-0.4, -0.2) is 25.6 Å². The number of halogens is 1. The van der Waals surface area contributed by atoms with Crippen molar-refractivity contribution < 1.29 is 13.2 Å². The maximum atomic E-state index is 12.6. The van der Waals surface area contributed by atoms with E-state index in [2.05, 4.69) is 20.7 Å². The lowest BCUT2D eigenvalue weighted by Gasteiger charge is -2.12. The number of hydrogen-bond donors (Lipinski definition) is 1. The van der Waals surface area contributed by atoms with Crippen molar-refractivity contribution in [2.24, 2.45) is 0 Å². The average molecular weight is 432 g/mol. The summed E-state index contributed by atoms with van der Waals surface area (Å²) < 4.78 is 27.2. The zero-order valence-electron chi connectivity index (χ0n) is 14.1. The van der Waals surface area contributed by atoms with Crippen LogP contribution in [0.1, 0.15) is 15.9 Å². The maximum absolute atomic E-state index is 12.6. The van der Waals surface area contributed by atoms with Crippen molar-refractivity contribution >= 4 is 42.5 Å². The molecule has 0 saturated heterocycles. The Labute approximate surface area is 161 Å². The molecule has 0 spiro atoms. The van der Waals surface area contributed by atoms with Crippen molar-refractivity contribution in [3.05, 3.63) is 77.9 Å². The molecule has 1 N–H and O–H groups in total. The summed E-state index contributed by atoms with van der Waals surface area (Å²) in [5, 5.41) is 2.02. The van der Waals surface area contributed by atoms with E-state index in [1.54, 1.807) is 30.3 Å². The Morgan fingerprint density at radius 2 is 1.65 bits per heavy atom. The Morgan fingerprint density at radius 3 is 2.35 bits per heavy atom. The van der Waals surface area contributed by atoms with Gasteiger partial charge in [0.05, 0.1) is 9.72 Å². The molecule has 0 heterocycles. The predicted molar refractivity (Wildman–Crippen MR) is 107 cm³/mol. The Hall–Kier alpha value is -2.02. The molecule has 0 aliphatic carbocycles. The minimum atomic E-state index is -3.65. The Kier molecular flexibility index (Phi) is 5.55. The molecule has 134 valence electrons. The molecule has 0 amide bonds. The third-order valence-electron chi connectivity index (χ3n) is 4.10. The highest BCUT2D eigenvalue weighted by Gasteiger charge is 2.21. The minimum absolute atomic E-state index is 0.0259. The summed E-state index contributed by atoms with van der Waals surface area (Å²) in [5.74, 6) is -0.164. The van der Waals surface area contributed by atoms with Gasteiger partial charge in [0, 0.05) is 12.1 Å². The molecule has 0 radical (unpaired) electrons. The van der Waals surface area contributed by atoms with E-state index in [1.165, 1.54) is 0 Å². The van der Waals surface area contributed by atoms with Gasteiger partial charge in [0.1, 0.15) is 0 Å². The van der Waals surface area contributed by atoms with Crippen molar-refractivity contribution in [2.75, 3.05) is 6.54 Å². The van der Waals surface area contributed by atoms with Crippen molar-refractivity contribution in [1.29, 1.82) is 0 Å². The van der Waals surface area contributed by atoms with Crippen LogP contribution in [0.4, 0.5) is 0 Å². The monoisotopic (exact) mass is 431 g/mol. The molecule has 3 aromatic carbocycles. The number of Topliss-reactive ketones (excluding diaryl/α,β-unsaturated/α-hetero) is 1. The number of carbonyl (C=O) groups is 1. The second kappa shape index (κ2) is 7.70. The van der Waals surface area contributed by atoms with E-state index in [-0.39, 0.29) is 17.2 Å². The van der Waals surface area contributed by atoms with Crippen molar-refractivity contribution in [1.82, 2.24) is 4.72 Å². The number of hydrogen-bond acceptors (Lipinski definition) is 3. The number of aryl methyl sites for hydroxylation is 1. The van der Waals surface area contributed by atoms with E-state index in [9.17, 15) is 13.2 Å². The minimum Gasteiger partial charge on any atom is -0.293 e. The lowest BCUT2D eigenvalue weighted by molar-refractivity contribution is 0.0992. The van der Waals surface area contributed by atoms with Crippen LogP contribution in [-0.2, 0) is 10.0 Å². The van der Waals surface area contributed by atoms with Gasteiger partial charge in [-0.15, -0.1) is 0 Å². The summed E-state index contributed by atoms with van der Waals surface area (Å²) in [6.07, 6.45) is 0. The second-order valence-electron chi connectivity index (χ2n) is 6.06. The lowest BCUT2D eigenvalue weighted by atomic mass is 10.0. The number of alkyl halides is 1. The first kappa shape index (κ1) is 18.8. The quantitative estimate of drug-likeness (QED) is 0.472. The van der Waals surface area contributed by atoms with E-state index in [4.69, 9.17) is 0 Å². The fourth-order valence-electron chi connectivity index (χ4n) is 2.60. The van der Waals surface area contributed by atoms with Gasteiger partial charge in [-0.3, -0.25) is 4.79 Å². The van der Waals surface area contributed by atoms with Crippen LogP contribution in [0.3, 0.4) is 0 Å². The molecule has 0 fully saturated rings. The van der Waals surface area contributed by atoms with Crippen molar-refractivity contribution in [3.63, 3.8) is 0 Å². The summed E-state index contributed by atoms with van der Waals surface area (Å²) in [6.45, 7) is 1.86. The van der Waals surface area contributed by atoms with Gasteiger partial charge in [-0.05, 0) is 35.9 Å². The standard InChI is InChI=1S/C20H18BrNO3S/c1-14-6-10-18(11-7-14)26(24,25)22-13-19(21)20(23)17-9-8-15-4-2-3-5-16(15)12-17/h2-12,19,22H,13H2,1H3. The zero-order valence-corrected chi connectivity index (χ0v) is 16.5. The number of rotatable bonds is 6. The highest BCUT2D eigenvalue weighted by atomic mass is 79.9. The first-order valence-electron chi connectivity index (χ1n) is 8.10. The van der Waals surface area contributed by atoms with Crippen LogP contribution in [0.15, 0.2) is 71.6 Å². The van der Waals surface area contributed by atoms with E-state index < -0.39 is 14.9 Å². The number of carbonyl (C=O) groups excluding carboxylic acids is 1. The number of fused-ring (bicyclic) bond motifs is 1. The molecule has 0 saturated carbocycles. The molecular weight excluding hydrogens is 414 g/mol. The molecule has 6 heteroatoms. The molecular formula is C20H18BrNO3S. The Balaban J connectivity index is 1.71. The zero-order chi connectivity index (χ0) is 18.7. The molecule has 0 bridgehead atoms. The molecule has 1 unspecified atom stereocenters. The molecule has 26 heavy (non-hydrogen) atoms. The van der Waals surface area contributed by atoms with Crippen LogP contribution >= 0.6 is 15.9 Å². The normalized spacial score (nSPS) is 12.8. The summed E-state index contributed by atoms with van der Waals surface area (Å²) in [6, 6.07) is 19.8. The van der Waals surface area contributed by atoms with Gasteiger partial charge in [-0.2, -0.15) is 0 Å². The van der Waals surface area contributed by atoms with Gasteiger partial charge in [-0.1, -0.05) is 70.0 Å². The highest BCUT2D eigenvalue weighted by molar-refractivity contribution is 9.10. The fraction of sp³-hybridized carbons (Fsp3) is 0.150. The lowest BCUT2D eigenvalue weighted by Crippen LogP contribution is -2.33. The van der Waals surface area contributed by atoms with Gasteiger partial charge < -0.3 is 0 Å². The summed E-state index contributed by atoms with van der Waals surface area (Å²) in [5.41, 5.74) is 1.52. The SMILES string of the molecule is Cc1ccc(S(=O)(=O)NCC(Br)C(=O)c2ccc3ccccc3c2)cc1.